The van der Waals surface area contributed by atoms with E-state index in [2.05, 4.69) is 0 Å². The van der Waals surface area contributed by atoms with Crippen molar-refractivity contribution in [3.63, 3.8) is 0 Å². The van der Waals surface area contributed by atoms with Gasteiger partial charge in [-0.2, -0.15) is 0 Å². The lowest BCUT2D eigenvalue weighted by atomic mass is 10.0. The average molecular weight is 226 g/mol. The Labute approximate surface area is 95.9 Å². The van der Waals surface area contributed by atoms with Crippen molar-refractivity contribution >= 4 is 5.97 Å². The number of carbonyl (C=O) groups is 1. The normalized spacial score (nSPS) is 15.9. The molecule has 0 fully saturated rings. The Bertz CT molecular complexity index is 326. The summed E-state index contributed by atoms with van der Waals surface area (Å²) in [5.74, 6) is 1.09. The fourth-order valence-corrected chi connectivity index (χ4v) is 1.51. The predicted octanol–water partition coefficient (Wildman–Crippen LogP) is 2.16. The number of rotatable bonds is 4. The zero-order valence-electron chi connectivity index (χ0n) is 10.2. The van der Waals surface area contributed by atoms with Crippen LogP contribution in [-0.4, -0.2) is 26.3 Å². The fourth-order valence-electron chi connectivity index (χ4n) is 1.51. The van der Waals surface area contributed by atoms with Crippen LogP contribution in [0.5, 0.6) is 0 Å². The molecule has 0 aromatic carbocycles. The van der Waals surface area contributed by atoms with Crippen molar-refractivity contribution in [2.45, 2.75) is 32.8 Å². The van der Waals surface area contributed by atoms with Crippen LogP contribution in [0.3, 0.4) is 0 Å². The Morgan fingerprint density at radius 3 is 2.44 bits per heavy atom. The number of esters is 1. The first-order valence-corrected chi connectivity index (χ1v) is 5.31. The first-order valence-electron chi connectivity index (χ1n) is 5.31. The van der Waals surface area contributed by atoms with Gasteiger partial charge in [-0.05, 0) is 26.3 Å². The number of hydrogen-bond acceptors (Lipinski definition) is 4. The molecular weight excluding hydrogens is 208 g/mol. The highest BCUT2D eigenvalue weighted by molar-refractivity contribution is 5.89. The van der Waals surface area contributed by atoms with Gasteiger partial charge < -0.3 is 14.2 Å². The largest absolute Gasteiger partial charge is 0.497 e. The third-order valence-electron chi connectivity index (χ3n) is 2.27. The monoisotopic (exact) mass is 226 g/mol. The third-order valence-corrected chi connectivity index (χ3v) is 2.27. The number of carbonyl (C=O) groups excluding carboxylic acids is 1. The molecule has 0 radical (unpaired) electrons. The van der Waals surface area contributed by atoms with Crippen LogP contribution < -0.4 is 0 Å². The van der Waals surface area contributed by atoms with Gasteiger partial charge in [0.05, 0.1) is 20.3 Å². The van der Waals surface area contributed by atoms with Crippen molar-refractivity contribution in [2.75, 3.05) is 14.2 Å². The molecule has 0 heterocycles. The van der Waals surface area contributed by atoms with Crippen LogP contribution in [0.2, 0.25) is 0 Å². The van der Waals surface area contributed by atoms with Crippen LogP contribution >= 0.6 is 0 Å². The molecule has 1 aliphatic carbocycles. The van der Waals surface area contributed by atoms with Crippen molar-refractivity contribution in [3.05, 3.63) is 23.2 Å². The van der Waals surface area contributed by atoms with Gasteiger partial charge in [-0.25, -0.2) is 4.79 Å². The molecule has 1 rings (SSSR count). The second kappa shape index (κ2) is 5.58. The fraction of sp³-hybridized carbons (Fsp3) is 0.583. The summed E-state index contributed by atoms with van der Waals surface area (Å²) in [4.78, 5) is 11.7. The van der Waals surface area contributed by atoms with Gasteiger partial charge in [0, 0.05) is 12.0 Å². The molecule has 1 aliphatic rings. The maximum Gasteiger partial charge on any atom is 0.334 e. The lowest BCUT2D eigenvalue weighted by Crippen LogP contribution is -2.16. The van der Waals surface area contributed by atoms with E-state index in [0.717, 1.165) is 5.76 Å². The highest BCUT2D eigenvalue weighted by Gasteiger charge is 2.20. The highest BCUT2D eigenvalue weighted by atomic mass is 16.5. The standard InChI is InChI=1S/C12H18O4/c1-8(2)16-12(13)9-5-6-10(14-3)11(7-9)15-4/h7-8H,5-6H2,1-4H3. The molecule has 0 aromatic heterocycles. The number of hydrogen-bond donors (Lipinski definition) is 0. The van der Waals surface area contributed by atoms with Crippen molar-refractivity contribution in [2.24, 2.45) is 0 Å². The Kier molecular flexibility index (Phi) is 4.40. The molecule has 0 spiro atoms. The Hall–Kier alpha value is -1.45. The zero-order valence-corrected chi connectivity index (χ0v) is 10.2. The summed E-state index contributed by atoms with van der Waals surface area (Å²) >= 11 is 0. The van der Waals surface area contributed by atoms with Crippen LogP contribution in [0, 0.1) is 0 Å². The van der Waals surface area contributed by atoms with Crippen LogP contribution in [0.4, 0.5) is 0 Å². The molecule has 0 amide bonds. The van der Waals surface area contributed by atoms with Gasteiger partial charge in [0.1, 0.15) is 5.76 Å². The van der Waals surface area contributed by atoms with Gasteiger partial charge in [-0.15, -0.1) is 0 Å². The van der Waals surface area contributed by atoms with E-state index in [1.165, 1.54) is 0 Å². The summed E-state index contributed by atoms with van der Waals surface area (Å²) in [5, 5.41) is 0. The highest BCUT2D eigenvalue weighted by Crippen LogP contribution is 2.25. The van der Waals surface area contributed by atoms with E-state index in [9.17, 15) is 4.79 Å². The van der Waals surface area contributed by atoms with Gasteiger partial charge in [0.25, 0.3) is 0 Å². The number of methoxy groups -OCH3 is 2. The van der Waals surface area contributed by atoms with E-state index < -0.39 is 0 Å². The summed E-state index contributed by atoms with van der Waals surface area (Å²) in [6.45, 7) is 3.66. The SMILES string of the molecule is COC1=C(OC)CCC(C(=O)OC(C)C)=C1. The van der Waals surface area contributed by atoms with E-state index in [-0.39, 0.29) is 12.1 Å². The molecule has 0 bridgehead atoms. The summed E-state index contributed by atoms with van der Waals surface area (Å²) in [7, 11) is 3.15. The molecule has 90 valence electrons. The number of allylic oxidation sites excluding steroid dienone is 2. The molecule has 4 nitrogen and oxygen atoms in total. The van der Waals surface area contributed by atoms with Crippen molar-refractivity contribution in [3.8, 4) is 0 Å². The van der Waals surface area contributed by atoms with E-state index in [1.807, 2.05) is 13.8 Å². The molecule has 0 aliphatic heterocycles. The predicted molar refractivity (Wildman–Crippen MR) is 59.6 cm³/mol. The van der Waals surface area contributed by atoms with Gasteiger partial charge >= 0.3 is 5.97 Å². The summed E-state index contributed by atoms with van der Waals surface area (Å²) in [5.41, 5.74) is 0.631. The Morgan fingerprint density at radius 2 is 1.94 bits per heavy atom. The van der Waals surface area contributed by atoms with E-state index >= 15 is 0 Å². The van der Waals surface area contributed by atoms with Crippen molar-refractivity contribution in [1.82, 2.24) is 0 Å². The second-order valence-electron chi connectivity index (χ2n) is 3.82. The molecule has 0 saturated carbocycles. The van der Waals surface area contributed by atoms with Gasteiger partial charge in [-0.3, -0.25) is 0 Å². The molecule has 0 saturated heterocycles. The van der Waals surface area contributed by atoms with Crippen molar-refractivity contribution in [1.29, 1.82) is 0 Å². The lowest BCUT2D eigenvalue weighted by molar-refractivity contribution is -0.142. The summed E-state index contributed by atoms with van der Waals surface area (Å²) in [6.07, 6.45) is 2.88. The van der Waals surface area contributed by atoms with E-state index in [4.69, 9.17) is 14.2 Å². The van der Waals surface area contributed by atoms with Gasteiger partial charge in [0.15, 0.2) is 5.76 Å². The van der Waals surface area contributed by atoms with Crippen LogP contribution in [-0.2, 0) is 19.0 Å². The molecule has 0 unspecified atom stereocenters. The minimum Gasteiger partial charge on any atom is -0.497 e. The Balaban J connectivity index is 2.81. The lowest BCUT2D eigenvalue weighted by Gasteiger charge is -2.18. The molecule has 0 aromatic rings. The van der Waals surface area contributed by atoms with E-state index in [1.54, 1.807) is 20.3 Å². The molecule has 4 heteroatoms. The molecule has 0 atom stereocenters. The Morgan fingerprint density at radius 1 is 1.25 bits per heavy atom. The second-order valence-corrected chi connectivity index (χ2v) is 3.82. The average Bonchev–Trinajstić information content (AvgIpc) is 2.27. The first kappa shape index (κ1) is 12.6. The smallest absolute Gasteiger partial charge is 0.334 e. The number of ether oxygens (including phenoxy) is 3. The molecule has 16 heavy (non-hydrogen) atoms. The van der Waals surface area contributed by atoms with Crippen LogP contribution in [0.15, 0.2) is 23.2 Å². The third kappa shape index (κ3) is 3.02. The minimum absolute atomic E-state index is 0.104. The minimum atomic E-state index is -0.278. The van der Waals surface area contributed by atoms with Gasteiger partial charge in [-0.1, -0.05) is 0 Å². The summed E-state index contributed by atoms with van der Waals surface area (Å²) < 4.78 is 15.4. The molecule has 0 N–H and O–H groups in total. The van der Waals surface area contributed by atoms with E-state index in [0.29, 0.717) is 24.2 Å². The first-order chi connectivity index (χ1) is 7.58. The quantitative estimate of drug-likeness (QED) is 0.689. The van der Waals surface area contributed by atoms with Gasteiger partial charge in [0.2, 0.25) is 0 Å². The maximum atomic E-state index is 11.7. The zero-order chi connectivity index (χ0) is 12.1. The molecular formula is C12H18O4. The topological polar surface area (TPSA) is 44.8 Å². The van der Waals surface area contributed by atoms with Crippen LogP contribution in [0.25, 0.3) is 0 Å². The maximum absolute atomic E-state index is 11.7. The van der Waals surface area contributed by atoms with Crippen LogP contribution in [0.1, 0.15) is 26.7 Å². The summed E-state index contributed by atoms with van der Waals surface area (Å²) in [6, 6.07) is 0. The van der Waals surface area contributed by atoms with Crippen molar-refractivity contribution < 1.29 is 19.0 Å².